The second-order valence-electron chi connectivity index (χ2n) is 15.2. The minimum Gasteiger partial charge on any atom is -0.511 e. The van der Waals surface area contributed by atoms with E-state index in [9.17, 15) is 39.3 Å². The van der Waals surface area contributed by atoms with E-state index in [2.05, 4.69) is 0 Å². The Labute approximate surface area is 258 Å². The van der Waals surface area contributed by atoms with Crippen molar-refractivity contribution in [2.75, 3.05) is 0 Å². The lowest BCUT2D eigenvalue weighted by Crippen LogP contribution is -2.52. The third-order valence-electron chi connectivity index (χ3n) is 9.77. The lowest BCUT2D eigenvalue weighted by molar-refractivity contribution is -0.146. The van der Waals surface area contributed by atoms with Crippen molar-refractivity contribution < 1.29 is 44.0 Å². The van der Waals surface area contributed by atoms with Gasteiger partial charge in [0.2, 0.25) is 0 Å². The molecule has 0 radical (unpaired) electrons. The van der Waals surface area contributed by atoms with Crippen LogP contribution in [0.25, 0.3) is 0 Å². The van der Waals surface area contributed by atoms with Crippen LogP contribution in [0.2, 0.25) is 0 Å². The number of ketones is 5. The average molecular weight is 609 g/mol. The second-order valence-corrected chi connectivity index (χ2v) is 15.2. The Morgan fingerprint density at radius 1 is 0.750 bits per heavy atom. The number of aliphatic hydroxyl groups excluding tert-OH is 1. The van der Waals surface area contributed by atoms with Gasteiger partial charge in [0.05, 0.1) is 21.7 Å². The number of carbonyl (C=O) groups is 5. The van der Waals surface area contributed by atoms with Gasteiger partial charge in [-0.05, 0) is 61.3 Å². The van der Waals surface area contributed by atoms with Crippen LogP contribution in [-0.4, -0.2) is 44.2 Å². The van der Waals surface area contributed by atoms with Crippen LogP contribution in [0.15, 0.2) is 22.7 Å². The lowest BCUT2D eigenvalue weighted by Gasteiger charge is -2.46. The fraction of sp³-hybridized carbons (Fsp3) is 0.571. The number of aromatic hydroxyl groups is 2. The standard InChI is InChI=1S/C35H44O9/c1-14(2)18-19-23(37)16(13-17-26(39)32(5,6)30(42)33(7,8)27(17)40)24(38)21(22(36)15(3)4)25(19)44-29-20(18)28(41)34(9,10)31(43)35(29,11)12/h14-15,18,37-39H,13H2,1-12H3. The number of benzene rings is 1. The van der Waals surface area contributed by atoms with E-state index in [1.54, 1.807) is 41.5 Å². The third-order valence-corrected chi connectivity index (χ3v) is 9.77. The summed E-state index contributed by atoms with van der Waals surface area (Å²) in [6.45, 7) is 19.2. The van der Waals surface area contributed by atoms with Crippen molar-refractivity contribution in [1.82, 2.24) is 0 Å². The molecule has 0 bridgehead atoms. The maximum absolute atomic E-state index is 14.0. The van der Waals surface area contributed by atoms with E-state index in [0.717, 1.165) is 0 Å². The number of hydrogen-bond acceptors (Lipinski definition) is 9. The average Bonchev–Trinajstić information content (AvgIpc) is 2.92. The molecule has 4 rings (SSSR count). The Balaban J connectivity index is 2.12. The predicted molar refractivity (Wildman–Crippen MR) is 163 cm³/mol. The molecule has 2 aliphatic carbocycles. The van der Waals surface area contributed by atoms with Gasteiger partial charge < -0.3 is 20.1 Å². The highest BCUT2D eigenvalue weighted by Crippen LogP contribution is 2.59. The first kappa shape index (κ1) is 33.1. The van der Waals surface area contributed by atoms with Crippen molar-refractivity contribution in [3.8, 4) is 17.2 Å². The van der Waals surface area contributed by atoms with E-state index >= 15 is 0 Å². The minimum absolute atomic E-state index is 0.0761. The molecule has 1 aromatic rings. The second kappa shape index (κ2) is 9.88. The molecule has 9 nitrogen and oxygen atoms in total. The summed E-state index contributed by atoms with van der Waals surface area (Å²) >= 11 is 0. The quantitative estimate of drug-likeness (QED) is 0.266. The Bertz CT molecular complexity index is 1620. The molecule has 1 heterocycles. The summed E-state index contributed by atoms with van der Waals surface area (Å²) in [5.74, 6) is -6.01. The largest absolute Gasteiger partial charge is 0.511 e. The molecule has 0 saturated carbocycles. The number of Topliss-reactive ketones (excluding diaryl/α,β-unsaturated/α-hetero) is 5. The Morgan fingerprint density at radius 3 is 1.75 bits per heavy atom. The highest BCUT2D eigenvalue weighted by Gasteiger charge is 2.58. The van der Waals surface area contributed by atoms with Crippen LogP contribution in [0.1, 0.15) is 110 Å². The zero-order valence-electron chi connectivity index (χ0n) is 27.7. The first-order chi connectivity index (χ1) is 19.9. The van der Waals surface area contributed by atoms with Crippen LogP contribution < -0.4 is 4.74 Å². The number of aliphatic hydroxyl groups is 1. The Morgan fingerprint density at radius 2 is 1.25 bits per heavy atom. The number of phenols is 2. The van der Waals surface area contributed by atoms with Gasteiger partial charge in [-0.3, -0.25) is 24.0 Å². The van der Waals surface area contributed by atoms with Gasteiger partial charge in [0.25, 0.3) is 0 Å². The van der Waals surface area contributed by atoms with Crippen LogP contribution in [0.5, 0.6) is 17.2 Å². The van der Waals surface area contributed by atoms with Gasteiger partial charge in [-0.25, -0.2) is 0 Å². The fourth-order valence-corrected chi connectivity index (χ4v) is 7.19. The molecule has 1 atom stereocenters. The lowest BCUT2D eigenvalue weighted by atomic mass is 9.59. The summed E-state index contributed by atoms with van der Waals surface area (Å²) in [7, 11) is 0. The smallest absolute Gasteiger partial charge is 0.175 e. The van der Waals surface area contributed by atoms with Crippen LogP contribution in [0.4, 0.5) is 0 Å². The number of allylic oxidation sites excluding steroid dienone is 4. The van der Waals surface area contributed by atoms with Crippen LogP contribution >= 0.6 is 0 Å². The molecule has 1 aliphatic heterocycles. The number of hydrogen-bond donors (Lipinski definition) is 3. The molecule has 3 aliphatic rings. The van der Waals surface area contributed by atoms with E-state index in [1.807, 2.05) is 13.8 Å². The van der Waals surface area contributed by atoms with E-state index < -0.39 is 80.3 Å². The van der Waals surface area contributed by atoms with Crippen LogP contribution in [0, 0.1) is 33.5 Å². The van der Waals surface area contributed by atoms with Crippen molar-refractivity contribution in [3.05, 3.63) is 39.4 Å². The van der Waals surface area contributed by atoms with Crippen molar-refractivity contribution in [2.45, 2.75) is 95.4 Å². The number of ether oxygens (including phenoxy) is 1. The molecule has 0 amide bonds. The molecule has 44 heavy (non-hydrogen) atoms. The van der Waals surface area contributed by atoms with E-state index in [-0.39, 0.29) is 51.0 Å². The maximum Gasteiger partial charge on any atom is 0.175 e. The molecule has 9 heteroatoms. The summed E-state index contributed by atoms with van der Waals surface area (Å²) in [5, 5.41) is 34.8. The van der Waals surface area contributed by atoms with Gasteiger partial charge in [0, 0.05) is 40.5 Å². The fourth-order valence-electron chi connectivity index (χ4n) is 7.19. The molecular weight excluding hydrogens is 564 g/mol. The minimum atomic E-state index is -1.50. The van der Waals surface area contributed by atoms with E-state index in [1.165, 1.54) is 27.7 Å². The summed E-state index contributed by atoms with van der Waals surface area (Å²) in [4.78, 5) is 68.0. The zero-order chi connectivity index (χ0) is 33.8. The molecule has 238 valence electrons. The molecule has 3 N–H and O–H groups in total. The molecule has 1 aromatic carbocycles. The number of phenolic OH excluding ortho intramolecular Hbond substituents is 2. The molecule has 0 saturated heterocycles. The number of fused-ring (bicyclic) bond motifs is 1. The number of carbonyl (C=O) groups excluding carboxylic acids is 5. The molecule has 1 unspecified atom stereocenters. The Hall–Kier alpha value is -3.75. The van der Waals surface area contributed by atoms with Gasteiger partial charge in [0.1, 0.15) is 34.3 Å². The molecule has 0 aromatic heterocycles. The van der Waals surface area contributed by atoms with E-state index in [0.29, 0.717) is 0 Å². The highest BCUT2D eigenvalue weighted by molar-refractivity contribution is 6.21. The van der Waals surface area contributed by atoms with Gasteiger partial charge in [0.15, 0.2) is 28.9 Å². The predicted octanol–water partition coefficient (Wildman–Crippen LogP) is 6.09. The molecule has 0 fully saturated rings. The summed E-state index contributed by atoms with van der Waals surface area (Å²) < 4.78 is 6.32. The van der Waals surface area contributed by atoms with Crippen molar-refractivity contribution in [1.29, 1.82) is 0 Å². The third kappa shape index (κ3) is 4.21. The Kier molecular flexibility index (Phi) is 7.44. The first-order valence-corrected chi connectivity index (χ1v) is 15.1. The zero-order valence-corrected chi connectivity index (χ0v) is 27.7. The highest BCUT2D eigenvalue weighted by atomic mass is 16.5. The number of rotatable bonds is 5. The summed E-state index contributed by atoms with van der Waals surface area (Å²) in [6.07, 6.45) is -0.492. The van der Waals surface area contributed by atoms with Gasteiger partial charge in [-0.15, -0.1) is 0 Å². The SMILES string of the molecule is CC(C)C(=O)c1c(O)c(CC2=C(O)C(C)(C)C(=O)C(C)(C)C2=O)c(O)c2c1OC1=C(C(=O)C(C)(C)C(=O)C1(C)C)C2C(C)C. The summed E-state index contributed by atoms with van der Waals surface area (Å²) in [5.41, 5.74) is -5.92. The van der Waals surface area contributed by atoms with Crippen molar-refractivity contribution in [3.63, 3.8) is 0 Å². The van der Waals surface area contributed by atoms with Crippen molar-refractivity contribution >= 4 is 28.9 Å². The van der Waals surface area contributed by atoms with Gasteiger partial charge in [-0.1, -0.05) is 27.7 Å². The van der Waals surface area contributed by atoms with Crippen LogP contribution in [-0.2, 0) is 25.6 Å². The van der Waals surface area contributed by atoms with Crippen LogP contribution in [0.3, 0.4) is 0 Å². The topological polar surface area (TPSA) is 155 Å². The molecule has 0 spiro atoms. The molecular formula is C35H44O9. The monoisotopic (exact) mass is 608 g/mol. The van der Waals surface area contributed by atoms with Crippen molar-refractivity contribution in [2.24, 2.45) is 33.5 Å². The normalized spacial score (nSPS) is 23.6. The maximum atomic E-state index is 14.0. The summed E-state index contributed by atoms with van der Waals surface area (Å²) in [6, 6.07) is 0. The van der Waals surface area contributed by atoms with Gasteiger partial charge in [-0.2, -0.15) is 0 Å². The first-order valence-electron chi connectivity index (χ1n) is 15.1. The van der Waals surface area contributed by atoms with Gasteiger partial charge >= 0.3 is 0 Å². The van der Waals surface area contributed by atoms with E-state index in [4.69, 9.17) is 4.74 Å².